The van der Waals surface area contributed by atoms with Crippen LogP contribution in [-0.2, 0) is 14.3 Å². The molecule has 2 N–H and O–H groups in total. The minimum atomic E-state index is -0.604. The molecule has 1 aliphatic rings. The largest absolute Gasteiger partial charge is 0.450 e. The summed E-state index contributed by atoms with van der Waals surface area (Å²) in [6.07, 6.45) is 1.73. The number of carbonyl (C=O) groups excluding carboxylic acids is 3. The third kappa shape index (κ3) is 5.07. The number of hydrogen-bond acceptors (Lipinski definition) is 4. The van der Waals surface area contributed by atoms with E-state index in [1.54, 1.807) is 11.8 Å². The maximum Gasteiger partial charge on any atom is 0.409 e. The van der Waals surface area contributed by atoms with Crippen LogP contribution in [0.3, 0.4) is 0 Å². The number of ether oxygens (including phenoxy) is 1. The molecule has 1 heterocycles. The van der Waals surface area contributed by atoms with Crippen molar-refractivity contribution < 1.29 is 19.1 Å². The highest BCUT2D eigenvalue weighted by Gasteiger charge is 2.25. The SMILES string of the molecule is CCCNC(=O)C(=O)NC1CCN(C(=O)OCC)CC1. The van der Waals surface area contributed by atoms with Crippen molar-refractivity contribution in [2.45, 2.75) is 39.2 Å². The predicted molar refractivity (Wildman–Crippen MR) is 73.1 cm³/mol. The van der Waals surface area contributed by atoms with Crippen LogP contribution in [0.1, 0.15) is 33.1 Å². The lowest BCUT2D eigenvalue weighted by molar-refractivity contribution is -0.139. The molecule has 0 aliphatic carbocycles. The molecule has 1 saturated heterocycles. The van der Waals surface area contributed by atoms with Gasteiger partial charge >= 0.3 is 17.9 Å². The van der Waals surface area contributed by atoms with Crippen LogP contribution in [0.15, 0.2) is 0 Å². The quantitative estimate of drug-likeness (QED) is 0.725. The first-order chi connectivity index (χ1) is 9.58. The number of carbonyl (C=O) groups is 3. The summed E-state index contributed by atoms with van der Waals surface area (Å²) in [4.78, 5) is 36.2. The molecule has 0 saturated carbocycles. The zero-order valence-electron chi connectivity index (χ0n) is 12.1. The molecule has 1 fully saturated rings. The van der Waals surface area contributed by atoms with Crippen molar-refractivity contribution in [3.63, 3.8) is 0 Å². The van der Waals surface area contributed by atoms with Crippen LogP contribution in [0.2, 0.25) is 0 Å². The molecule has 0 spiro atoms. The van der Waals surface area contributed by atoms with Crippen molar-refractivity contribution >= 4 is 17.9 Å². The molecule has 0 unspecified atom stereocenters. The minimum absolute atomic E-state index is 0.0689. The molecule has 3 amide bonds. The highest BCUT2D eigenvalue weighted by Crippen LogP contribution is 2.11. The lowest BCUT2D eigenvalue weighted by atomic mass is 10.1. The molecular formula is C13H23N3O4. The van der Waals surface area contributed by atoms with Gasteiger partial charge in [0, 0.05) is 25.7 Å². The van der Waals surface area contributed by atoms with Crippen LogP contribution in [0.5, 0.6) is 0 Å². The van der Waals surface area contributed by atoms with E-state index in [0.717, 1.165) is 6.42 Å². The average molecular weight is 285 g/mol. The number of hydrogen-bond donors (Lipinski definition) is 2. The topological polar surface area (TPSA) is 87.7 Å². The molecule has 20 heavy (non-hydrogen) atoms. The fraction of sp³-hybridized carbons (Fsp3) is 0.769. The van der Waals surface area contributed by atoms with E-state index in [2.05, 4.69) is 10.6 Å². The summed E-state index contributed by atoms with van der Waals surface area (Å²) < 4.78 is 4.92. The summed E-state index contributed by atoms with van der Waals surface area (Å²) in [6.45, 7) is 5.59. The van der Waals surface area contributed by atoms with Crippen molar-refractivity contribution in [2.75, 3.05) is 26.2 Å². The predicted octanol–water partition coefficient (Wildman–Crippen LogP) is 0.250. The molecule has 7 heteroatoms. The van der Waals surface area contributed by atoms with E-state index in [-0.39, 0.29) is 12.1 Å². The van der Waals surface area contributed by atoms with Gasteiger partial charge in [0.05, 0.1) is 6.61 Å². The molecule has 0 aromatic heterocycles. The van der Waals surface area contributed by atoms with E-state index in [9.17, 15) is 14.4 Å². The summed E-state index contributed by atoms with van der Waals surface area (Å²) >= 11 is 0. The van der Waals surface area contributed by atoms with Gasteiger partial charge in [-0.1, -0.05) is 6.92 Å². The van der Waals surface area contributed by atoms with Crippen LogP contribution < -0.4 is 10.6 Å². The Labute approximate surface area is 119 Å². The van der Waals surface area contributed by atoms with Gasteiger partial charge in [0.25, 0.3) is 0 Å². The monoisotopic (exact) mass is 285 g/mol. The third-order valence-electron chi connectivity index (χ3n) is 3.10. The van der Waals surface area contributed by atoms with Gasteiger partial charge in [-0.25, -0.2) is 4.79 Å². The molecule has 7 nitrogen and oxygen atoms in total. The van der Waals surface area contributed by atoms with Gasteiger partial charge in [-0.05, 0) is 26.2 Å². The fourth-order valence-corrected chi connectivity index (χ4v) is 1.99. The average Bonchev–Trinajstić information content (AvgIpc) is 2.45. The van der Waals surface area contributed by atoms with Crippen LogP contribution in [-0.4, -0.2) is 55.1 Å². The van der Waals surface area contributed by atoms with E-state index in [4.69, 9.17) is 4.74 Å². The number of amides is 3. The highest BCUT2D eigenvalue weighted by atomic mass is 16.6. The Morgan fingerprint density at radius 3 is 2.35 bits per heavy atom. The molecular weight excluding hydrogens is 262 g/mol. The standard InChI is InChI=1S/C13H23N3O4/c1-3-7-14-11(17)12(18)15-10-5-8-16(9-6-10)13(19)20-4-2/h10H,3-9H2,1-2H3,(H,14,17)(H,15,18). The van der Waals surface area contributed by atoms with Gasteiger partial charge in [-0.3, -0.25) is 9.59 Å². The van der Waals surface area contributed by atoms with Crippen LogP contribution in [0.4, 0.5) is 4.79 Å². The summed E-state index contributed by atoms with van der Waals surface area (Å²) in [6, 6.07) is -0.0689. The Morgan fingerprint density at radius 2 is 1.80 bits per heavy atom. The van der Waals surface area contributed by atoms with Crippen molar-refractivity contribution in [3.8, 4) is 0 Å². The second-order valence-electron chi connectivity index (χ2n) is 4.69. The van der Waals surface area contributed by atoms with Crippen molar-refractivity contribution in [1.82, 2.24) is 15.5 Å². The third-order valence-corrected chi connectivity index (χ3v) is 3.10. The molecule has 0 aromatic rings. The first-order valence-electron chi connectivity index (χ1n) is 7.08. The molecule has 0 radical (unpaired) electrons. The number of nitrogens with one attached hydrogen (secondary N) is 2. The molecule has 1 rings (SSSR count). The van der Waals surface area contributed by atoms with E-state index < -0.39 is 11.8 Å². The maximum absolute atomic E-state index is 11.6. The Morgan fingerprint density at radius 1 is 1.15 bits per heavy atom. The Hall–Kier alpha value is -1.79. The lowest BCUT2D eigenvalue weighted by Crippen LogP contribution is -2.50. The second-order valence-corrected chi connectivity index (χ2v) is 4.69. The Bertz CT molecular complexity index is 352. The van der Waals surface area contributed by atoms with Crippen molar-refractivity contribution in [2.24, 2.45) is 0 Å². The van der Waals surface area contributed by atoms with Gasteiger partial charge < -0.3 is 20.3 Å². The summed E-state index contributed by atoms with van der Waals surface area (Å²) in [5.41, 5.74) is 0. The van der Waals surface area contributed by atoms with E-state index >= 15 is 0 Å². The maximum atomic E-state index is 11.6. The van der Waals surface area contributed by atoms with Gasteiger partial charge in [0.2, 0.25) is 0 Å². The van der Waals surface area contributed by atoms with Crippen LogP contribution in [0.25, 0.3) is 0 Å². The number of nitrogens with zero attached hydrogens (tertiary/aromatic N) is 1. The van der Waals surface area contributed by atoms with Gasteiger partial charge in [-0.15, -0.1) is 0 Å². The molecule has 0 aromatic carbocycles. The van der Waals surface area contributed by atoms with Crippen molar-refractivity contribution in [3.05, 3.63) is 0 Å². The van der Waals surface area contributed by atoms with Crippen LogP contribution >= 0.6 is 0 Å². The second kappa shape index (κ2) is 8.39. The van der Waals surface area contributed by atoms with Gasteiger partial charge in [-0.2, -0.15) is 0 Å². The van der Waals surface area contributed by atoms with E-state index in [1.165, 1.54) is 0 Å². The zero-order chi connectivity index (χ0) is 15.0. The smallest absolute Gasteiger partial charge is 0.409 e. The number of likely N-dealkylation sites (tertiary alicyclic amines) is 1. The zero-order valence-corrected chi connectivity index (χ0v) is 12.1. The Balaban J connectivity index is 2.30. The van der Waals surface area contributed by atoms with Crippen LogP contribution in [0, 0.1) is 0 Å². The van der Waals surface area contributed by atoms with E-state index in [0.29, 0.717) is 39.1 Å². The lowest BCUT2D eigenvalue weighted by Gasteiger charge is -2.31. The minimum Gasteiger partial charge on any atom is -0.450 e. The molecule has 0 bridgehead atoms. The number of rotatable bonds is 4. The van der Waals surface area contributed by atoms with Gasteiger partial charge in [0.15, 0.2) is 0 Å². The summed E-state index contributed by atoms with van der Waals surface area (Å²) in [7, 11) is 0. The van der Waals surface area contributed by atoms with Crippen molar-refractivity contribution in [1.29, 1.82) is 0 Å². The fourth-order valence-electron chi connectivity index (χ4n) is 1.99. The highest BCUT2D eigenvalue weighted by molar-refractivity contribution is 6.35. The summed E-state index contributed by atoms with van der Waals surface area (Å²) in [5.74, 6) is -1.20. The molecule has 1 aliphatic heterocycles. The van der Waals surface area contributed by atoms with Gasteiger partial charge in [0.1, 0.15) is 0 Å². The number of piperidine rings is 1. The summed E-state index contributed by atoms with van der Waals surface area (Å²) in [5, 5.41) is 5.22. The Kier molecular flexibility index (Phi) is 6.83. The molecule has 0 atom stereocenters. The molecule has 114 valence electrons. The first kappa shape index (κ1) is 16.3. The normalized spacial score (nSPS) is 15.6. The van der Waals surface area contributed by atoms with E-state index in [1.807, 2.05) is 6.92 Å². The first-order valence-corrected chi connectivity index (χ1v) is 7.08.